The van der Waals surface area contributed by atoms with Gasteiger partial charge in [0.2, 0.25) is 0 Å². The first-order valence-corrected chi connectivity index (χ1v) is 8.37. The van der Waals surface area contributed by atoms with Crippen molar-refractivity contribution in [3.63, 3.8) is 0 Å². The standard InChI is InChI=1S/C17H19N5O2/c23-16(13-8-19-15(20-9-13)11-3-4-11)22-7-1-2-12(10-22)14-5-6-18-17(24)21-14/h5-6,8-9,11-12H,1-4,7,10H2,(H,18,21,24)/t12-/m0/s1. The van der Waals surface area contributed by atoms with Crippen LogP contribution < -0.4 is 5.69 Å². The van der Waals surface area contributed by atoms with Crippen molar-refractivity contribution in [3.8, 4) is 0 Å². The third-order valence-electron chi connectivity index (χ3n) is 4.71. The van der Waals surface area contributed by atoms with Crippen LogP contribution in [0, 0.1) is 0 Å². The minimum Gasteiger partial charge on any atom is -0.338 e. The Labute approximate surface area is 139 Å². The maximum Gasteiger partial charge on any atom is 0.345 e. The molecule has 2 aromatic rings. The normalized spacial score (nSPS) is 20.8. The Morgan fingerprint density at radius 3 is 2.62 bits per heavy atom. The number of H-pyrrole nitrogens is 1. The zero-order chi connectivity index (χ0) is 16.5. The van der Waals surface area contributed by atoms with Gasteiger partial charge in [-0.3, -0.25) is 4.79 Å². The van der Waals surface area contributed by atoms with E-state index in [1.807, 2.05) is 11.0 Å². The van der Waals surface area contributed by atoms with E-state index in [1.165, 1.54) is 6.20 Å². The van der Waals surface area contributed by atoms with Gasteiger partial charge >= 0.3 is 5.69 Å². The first-order valence-electron chi connectivity index (χ1n) is 8.37. The number of likely N-dealkylation sites (tertiary alicyclic amines) is 1. The fourth-order valence-electron chi connectivity index (χ4n) is 3.22. The SMILES string of the molecule is O=C(c1cnc(C2CC2)nc1)N1CCC[C@H](c2ccnc(=O)[nH]2)C1. The largest absolute Gasteiger partial charge is 0.345 e. The second kappa shape index (κ2) is 6.14. The zero-order valence-corrected chi connectivity index (χ0v) is 13.3. The van der Waals surface area contributed by atoms with Crippen LogP contribution in [-0.4, -0.2) is 43.8 Å². The van der Waals surface area contributed by atoms with Crippen molar-refractivity contribution in [1.82, 2.24) is 24.8 Å². The molecule has 1 saturated carbocycles. The Morgan fingerprint density at radius 1 is 1.12 bits per heavy atom. The maximum absolute atomic E-state index is 12.7. The van der Waals surface area contributed by atoms with Crippen LogP contribution in [0.3, 0.4) is 0 Å². The predicted octanol–water partition coefficient (Wildman–Crippen LogP) is 1.46. The minimum atomic E-state index is -0.347. The molecule has 1 amide bonds. The van der Waals surface area contributed by atoms with Crippen molar-refractivity contribution in [1.29, 1.82) is 0 Å². The molecule has 1 aliphatic carbocycles. The van der Waals surface area contributed by atoms with Crippen LogP contribution in [0.5, 0.6) is 0 Å². The van der Waals surface area contributed by atoms with Crippen molar-refractivity contribution < 1.29 is 4.79 Å². The average Bonchev–Trinajstić information content (AvgIpc) is 3.47. The van der Waals surface area contributed by atoms with E-state index in [0.29, 0.717) is 18.0 Å². The van der Waals surface area contributed by atoms with Gasteiger partial charge in [0.25, 0.3) is 5.91 Å². The second-order valence-corrected chi connectivity index (χ2v) is 6.52. The number of aromatic amines is 1. The van der Waals surface area contributed by atoms with Gasteiger partial charge in [0.1, 0.15) is 5.82 Å². The highest BCUT2D eigenvalue weighted by Crippen LogP contribution is 2.37. The molecule has 0 spiro atoms. The van der Waals surface area contributed by atoms with E-state index in [0.717, 1.165) is 43.7 Å². The lowest BCUT2D eigenvalue weighted by Crippen LogP contribution is -2.39. The smallest absolute Gasteiger partial charge is 0.338 e. The molecule has 1 aliphatic heterocycles. The number of hydrogen-bond donors (Lipinski definition) is 1. The van der Waals surface area contributed by atoms with Crippen molar-refractivity contribution in [3.05, 3.63) is 52.2 Å². The van der Waals surface area contributed by atoms with Crippen LogP contribution in [0.25, 0.3) is 0 Å². The van der Waals surface area contributed by atoms with Crippen LogP contribution in [0.15, 0.2) is 29.5 Å². The van der Waals surface area contributed by atoms with E-state index < -0.39 is 0 Å². The monoisotopic (exact) mass is 325 g/mol. The van der Waals surface area contributed by atoms with Gasteiger partial charge in [-0.15, -0.1) is 0 Å². The summed E-state index contributed by atoms with van der Waals surface area (Å²) in [7, 11) is 0. The van der Waals surface area contributed by atoms with E-state index in [1.54, 1.807) is 12.4 Å². The fourth-order valence-corrected chi connectivity index (χ4v) is 3.22. The summed E-state index contributed by atoms with van der Waals surface area (Å²) >= 11 is 0. The number of nitrogens with zero attached hydrogens (tertiary/aromatic N) is 4. The van der Waals surface area contributed by atoms with Gasteiger partial charge < -0.3 is 9.88 Å². The average molecular weight is 325 g/mol. The van der Waals surface area contributed by atoms with Crippen molar-refractivity contribution >= 4 is 5.91 Å². The van der Waals surface area contributed by atoms with E-state index in [4.69, 9.17) is 0 Å². The van der Waals surface area contributed by atoms with Gasteiger partial charge in [0, 0.05) is 49.2 Å². The van der Waals surface area contributed by atoms with Crippen molar-refractivity contribution in [2.75, 3.05) is 13.1 Å². The first kappa shape index (κ1) is 15.0. The Kier molecular flexibility index (Phi) is 3.84. The molecular formula is C17H19N5O2. The molecule has 3 heterocycles. The fraction of sp³-hybridized carbons (Fsp3) is 0.471. The highest BCUT2D eigenvalue weighted by molar-refractivity contribution is 5.93. The third kappa shape index (κ3) is 3.06. The Balaban J connectivity index is 1.48. The molecule has 0 bridgehead atoms. The molecule has 124 valence electrons. The number of nitrogens with one attached hydrogen (secondary N) is 1. The number of aromatic nitrogens is 4. The Morgan fingerprint density at radius 2 is 1.92 bits per heavy atom. The summed E-state index contributed by atoms with van der Waals surface area (Å²) in [6.07, 6.45) is 8.93. The molecule has 0 unspecified atom stereocenters. The molecule has 1 saturated heterocycles. The highest BCUT2D eigenvalue weighted by Gasteiger charge is 2.28. The lowest BCUT2D eigenvalue weighted by atomic mass is 9.94. The molecule has 2 aliphatic rings. The molecule has 7 nitrogen and oxygen atoms in total. The molecule has 24 heavy (non-hydrogen) atoms. The molecule has 2 aromatic heterocycles. The summed E-state index contributed by atoms with van der Waals surface area (Å²) in [6.45, 7) is 1.30. The lowest BCUT2D eigenvalue weighted by molar-refractivity contribution is 0.0705. The highest BCUT2D eigenvalue weighted by atomic mass is 16.2. The van der Waals surface area contributed by atoms with E-state index in [9.17, 15) is 9.59 Å². The molecule has 0 radical (unpaired) electrons. The number of carbonyl (C=O) groups is 1. The Bertz CT molecular complexity index is 797. The van der Waals surface area contributed by atoms with Gasteiger partial charge in [-0.1, -0.05) is 0 Å². The number of rotatable bonds is 3. The van der Waals surface area contributed by atoms with Gasteiger partial charge in [-0.25, -0.2) is 19.7 Å². The van der Waals surface area contributed by atoms with E-state index in [-0.39, 0.29) is 17.5 Å². The third-order valence-corrected chi connectivity index (χ3v) is 4.71. The summed E-state index contributed by atoms with van der Waals surface area (Å²) in [6, 6.07) is 1.81. The number of carbonyl (C=O) groups excluding carboxylic acids is 1. The topological polar surface area (TPSA) is 91.8 Å². The quantitative estimate of drug-likeness (QED) is 0.922. The van der Waals surface area contributed by atoms with Crippen molar-refractivity contribution in [2.24, 2.45) is 0 Å². The van der Waals surface area contributed by atoms with Gasteiger partial charge in [0.05, 0.1) is 5.56 Å². The van der Waals surface area contributed by atoms with E-state index >= 15 is 0 Å². The molecular weight excluding hydrogens is 306 g/mol. The summed E-state index contributed by atoms with van der Waals surface area (Å²) < 4.78 is 0. The van der Waals surface area contributed by atoms with Crippen LogP contribution >= 0.6 is 0 Å². The van der Waals surface area contributed by atoms with Crippen molar-refractivity contribution in [2.45, 2.75) is 37.5 Å². The van der Waals surface area contributed by atoms with Gasteiger partial charge in [-0.05, 0) is 31.7 Å². The predicted molar refractivity (Wildman–Crippen MR) is 86.7 cm³/mol. The second-order valence-electron chi connectivity index (χ2n) is 6.52. The molecule has 1 atom stereocenters. The molecule has 7 heteroatoms. The summed E-state index contributed by atoms with van der Waals surface area (Å²) in [5.41, 5.74) is 1.02. The van der Waals surface area contributed by atoms with E-state index in [2.05, 4.69) is 19.9 Å². The van der Waals surface area contributed by atoms with Crippen LogP contribution in [0.2, 0.25) is 0 Å². The minimum absolute atomic E-state index is 0.0431. The lowest BCUT2D eigenvalue weighted by Gasteiger charge is -2.32. The summed E-state index contributed by atoms with van der Waals surface area (Å²) in [5.74, 6) is 1.41. The molecule has 0 aromatic carbocycles. The van der Waals surface area contributed by atoms with Crippen LogP contribution in [-0.2, 0) is 0 Å². The molecule has 4 rings (SSSR count). The van der Waals surface area contributed by atoms with Crippen LogP contribution in [0.4, 0.5) is 0 Å². The molecule has 1 N–H and O–H groups in total. The zero-order valence-electron chi connectivity index (χ0n) is 13.3. The molecule has 2 fully saturated rings. The number of amides is 1. The summed E-state index contributed by atoms with van der Waals surface area (Å²) in [5, 5.41) is 0. The first-order chi connectivity index (χ1) is 11.7. The van der Waals surface area contributed by atoms with Gasteiger partial charge in [-0.2, -0.15) is 0 Å². The maximum atomic E-state index is 12.7. The number of hydrogen-bond acceptors (Lipinski definition) is 5. The van der Waals surface area contributed by atoms with Crippen LogP contribution in [0.1, 0.15) is 59.4 Å². The van der Waals surface area contributed by atoms with Gasteiger partial charge in [0.15, 0.2) is 0 Å². The summed E-state index contributed by atoms with van der Waals surface area (Å²) in [4.78, 5) is 41.0. The Hall–Kier alpha value is -2.57. The number of piperidine rings is 1.